The van der Waals surface area contributed by atoms with Crippen molar-refractivity contribution in [3.8, 4) is 5.75 Å². The number of nitro benzene ring substituents is 1. The van der Waals surface area contributed by atoms with Gasteiger partial charge in [-0.2, -0.15) is 0 Å². The lowest BCUT2D eigenvalue weighted by Gasteiger charge is -2.04. The molecule has 0 aliphatic heterocycles. The molecular formula is C6H7N3O5S. The topological polar surface area (TPSA) is 150 Å². The fourth-order valence-electron chi connectivity index (χ4n) is 0.937. The van der Waals surface area contributed by atoms with Crippen LogP contribution in [-0.2, 0) is 10.0 Å². The predicted octanol–water partition coefficient (Wildman–Crippen LogP) is -0.470. The molecule has 0 aromatic heterocycles. The van der Waals surface area contributed by atoms with Crippen LogP contribution in [0, 0.1) is 10.1 Å². The highest BCUT2D eigenvalue weighted by Crippen LogP contribution is 2.32. The Morgan fingerprint density at radius 3 is 2.33 bits per heavy atom. The number of hydrogen-bond donors (Lipinski definition) is 3. The van der Waals surface area contributed by atoms with Crippen LogP contribution >= 0.6 is 0 Å². The van der Waals surface area contributed by atoms with E-state index >= 15 is 0 Å². The number of hydrogen-bond acceptors (Lipinski definition) is 6. The second-order valence-electron chi connectivity index (χ2n) is 2.68. The van der Waals surface area contributed by atoms with Crippen molar-refractivity contribution in [1.29, 1.82) is 0 Å². The Morgan fingerprint density at radius 1 is 1.40 bits per heavy atom. The molecule has 0 unspecified atom stereocenters. The summed E-state index contributed by atoms with van der Waals surface area (Å²) in [4.78, 5) is 8.76. The average Bonchev–Trinajstić information content (AvgIpc) is 2.06. The molecule has 1 aromatic rings. The standard InChI is InChI=1S/C6H7N3O5S/c7-4-1-3(9(11)12)2-5(6(4)10)15(8,13)14/h1-2,10H,7H2,(H2,8,13,14). The van der Waals surface area contributed by atoms with E-state index in [0.717, 1.165) is 6.07 Å². The largest absolute Gasteiger partial charge is 0.504 e. The summed E-state index contributed by atoms with van der Waals surface area (Å²) >= 11 is 0. The van der Waals surface area contributed by atoms with Crippen molar-refractivity contribution in [3.63, 3.8) is 0 Å². The van der Waals surface area contributed by atoms with Gasteiger partial charge in [-0.15, -0.1) is 0 Å². The number of rotatable bonds is 2. The van der Waals surface area contributed by atoms with Gasteiger partial charge in [-0.3, -0.25) is 10.1 Å². The van der Waals surface area contributed by atoms with Crippen molar-refractivity contribution in [2.24, 2.45) is 5.14 Å². The third-order valence-corrected chi connectivity index (χ3v) is 2.53. The number of aromatic hydroxyl groups is 1. The Kier molecular flexibility index (Phi) is 2.51. The van der Waals surface area contributed by atoms with Crippen LogP contribution < -0.4 is 10.9 Å². The van der Waals surface area contributed by atoms with E-state index in [-0.39, 0.29) is 0 Å². The van der Waals surface area contributed by atoms with Gasteiger partial charge in [0, 0.05) is 12.1 Å². The molecule has 0 fully saturated rings. The molecule has 82 valence electrons. The second-order valence-corrected chi connectivity index (χ2v) is 4.21. The molecule has 8 nitrogen and oxygen atoms in total. The van der Waals surface area contributed by atoms with Crippen LogP contribution in [0.4, 0.5) is 11.4 Å². The Morgan fingerprint density at radius 2 is 1.93 bits per heavy atom. The van der Waals surface area contributed by atoms with Crippen LogP contribution in [0.15, 0.2) is 17.0 Å². The molecule has 15 heavy (non-hydrogen) atoms. The van der Waals surface area contributed by atoms with Gasteiger partial charge in [0.25, 0.3) is 5.69 Å². The van der Waals surface area contributed by atoms with Crippen molar-refractivity contribution in [2.45, 2.75) is 4.90 Å². The molecule has 1 rings (SSSR count). The summed E-state index contributed by atoms with van der Waals surface area (Å²) in [5.41, 5.74) is 4.20. The van der Waals surface area contributed by atoms with Gasteiger partial charge in [0.15, 0.2) is 5.75 Å². The summed E-state index contributed by atoms with van der Waals surface area (Å²) in [7, 11) is -4.25. The Bertz CT molecular complexity index is 524. The van der Waals surface area contributed by atoms with Crippen LogP contribution in [0.25, 0.3) is 0 Å². The summed E-state index contributed by atoms with van der Waals surface area (Å²) < 4.78 is 21.8. The number of nitrogens with zero attached hydrogens (tertiary/aromatic N) is 1. The lowest BCUT2D eigenvalue weighted by Crippen LogP contribution is -2.13. The average molecular weight is 233 g/mol. The highest BCUT2D eigenvalue weighted by molar-refractivity contribution is 7.89. The minimum Gasteiger partial charge on any atom is -0.504 e. The summed E-state index contributed by atoms with van der Waals surface area (Å²) in [5.74, 6) is -0.789. The van der Waals surface area contributed by atoms with E-state index in [1.165, 1.54) is 0 Å². The van der Waals surface area contributed by atoms with Gasteiger partial charge in [-0.25, -0.2) is 13.6 Å². The van der Waals surface area contributed by atoms with E-state index in [4.69, 9.17) is 10.9 Å². The molecule has 5 N–H and O–H groups in total. The highest BCUT2D eigenvalue weighted by atomic mass is 32.2. The van der Waals surface area contributed by atoms with Gasteiger partial charge < -0.3 is 10.8 Å². The van der Waals surface area contributed by atoms with Crippen LogP contribution in [0.1, 0.15) is 0 Å². The number of non-ortho nitro benzene ring substituents is 1. The molecular weight excluding hydrogens is 226 g/mol. The van der Waals surface area contributed by atoms with Gasteiger partial charge >= 0.3 is 0 Å². The number of phenolic OH excluding ortho intramolecular Hbond substituents is 1. The number of nitrogen functional groups attached to an aromatic ring is 1. The van der Waals surface area contributed by atoms with E-state index in [1.54, 1.807) is 0 Å². The summed E-state index contributed by atoms with van der Waals surface area (Å²) in [5, 5.41) is 24.3. The molecule has 0 saturated heterocycles. The Labute approximate surface area is 84.3 Å². The fraction of sp³-hybridized carbons (Fsp3) is 0. The first-order valence-corrected chi connectivity index (χ1v) is 5.08. The van der Waals surface area contributed by atoms with E-state index in [1.807, 2.05) is 0 Å². The van der Waals surface area contributed by atoms with Crippen molar-refractivity contribution < 1.29 is 18.4 Å². The first-order valence-electron chi connectivity index (χ1n) is 3.53. The molecule has 0 heterocycles. The second kappa shape index (κ2) is 3.37. The van der Waals surface area contributed by atoms with Crippen LogP contribution in [0.2, 0.25) is 0 Å². The van der Waals surface area contributed by atoms with Crippen LogP contribution in [0.3, 0.4) is 0 Å². The summed E-state index contributed by atoms with van der Waals surface area (Å²) in [6.07, 6.45) is 0. The molecule has 0 aliphatic rings. The van der Waals surface area contributed by atoms with Gasteiger partial charge in [0.1, 0.15) is 4.90 Å². The van der Waals surface area contributed by atoms with Crippen molar-refractivity contribution in [1.82, 2.24) is 0 Å². The minimum atomic E-state index is -4.25. The number of sulfonamides is 1. The fourth-order valence-corrected chi connectivity index (χ4v) is 1.61. The SMILES string of the molecule is Nc1cc([N+](=O)[O-])cc(S(N)(=O)=O)c1O. The normalized spacial score (nSPS) is 11.3. The first kappa shape index (κ1) is 11.2. The molecule has 0 amide bonds. The molecule has 0 atom stereocenters. The number of primary sulfonamides is 1. The van der Waals surface area contributed by atoms with Crippen molar-refractivity contribution in [2.75, 3.05) is 5.73 Å². The zero-order valence-corrected chi connectivity index (χ0v) is 8.06. The van der Waals surface area contributed by atoms with Crippen LogP contribution in [-0.4, -0.2) is 18.4 Å². The highest BCUT2D eigenvalue weighted by Gasteiger charge is 2.21. The maximum absolute atomic E-state index is 10.9. The van der Waals surface area contributed by atoms with E-state index in [0.29, 0.717) is 6.07 Å². The number of nitro groups is 1. The molecule has 0 spiro atoms. The molecule has 0 radical (unpaired) electrons. The minimum absolute atomic E-state index is 0.423. The monoisotopic (exact) mass is 233 g/mol. The van der Waals surface area contributed by atoms with Crippen LogP contribution in [0.5, 0.6) is 5.75 Å². The van der Waals surface area contributed by atoms with Crippen molar-refractivity contribution >= 4 is 21.4 Å². The summed E-state index contributed by atoms with van der Waals surface area (Å²) in [6.45, 7) is 0. The quantitative estimate of drug-likeness (QED) is 0.272. The number of benzene rings is 1. The summed E-state index contributed by atoms with van der Waals surface area (Å²) in [6, 6.07) is 1.48. The molecule has 0 bridgehead atoms. The molecule has 0 saturated carbocycles. The van der Waals surface area contributed by atoms with E-state index in [9.17, 15) is 23.6 Å². The number of anilines is 1. The zero-order valence-electron chi connectivity index (χ0n) is 7.25. The third-order valence-electron chi connectivity index (χ3n) is 1.61. The Balaban J connectivity index is 3.59. The number of phenols is 1. The Hall–Kier alpha value is -1.87. The molecule has 0 aliphatic carbocycles. The number of nitrogens with two attached hydrogens (primary N) is 2. The van der Waals surface area contributed by atoms with E-state index in [2.05, 4.69) is 0 Å². The first-order chi connectivity index (χ1) is 6.73. The van der Waals surface area contributed by atoms with Gasteiger partial charge in [-0.05, 0) is 0 Å². The lowest BCUT2D eigenvalue weighted by molar-refractivity contribution is -0.385. The molecule has 1 aromatic carbocycles. The molecule has 9 heteroatoms. The lowest BCUT2D eigenvalue weighted by atomic mass is 10.2. The zero-order chi connectivity index (χ0) is 11.8. The third kappa shape index (κ3) is 2.14. The maximum atomic E-state index is 10.9. The smallest absolute Gasteiger partial charge is 0.273 e. The van der Waals surface area contributed by atoms with Gasteiger partial charge in [0.05, 0.1) is 10.6 Å². The van der Waals surface area contributed by atoms with Crippen molar-refractivity contribution in [3.05, 3.63) is 22.2 Å². The maximum Gasteiger partial charge on any atom is 0.273 e. The van der Waals surface area contributed by atoms with Gasteiger partial charge in [-0.1, -0.05) is 0 Å². The van der Waals surface area contributed by atoms with Gasteiger partial charge in [0.2, 0.25) is 10.0 Å². The predicted molar refractivity (Wildman–Crippen MR) is 50.5 cm³/mol. The van der Waals surface area contributed by atoms with E-state index < -0.39 is 37.0 Å².